The second-order valence-corrected chi connectivity index (χ2v) is 5.90. The van der Waals surface area contributed by atoms with Crippen LogP contribution in [0.25, 0.3) is 0 Å². The van der Waals surface area contributed by atoms with E-state index in [0.29, 0.717) is 12.4 Å². The number of fused-ring (bicyclic) bond motifs is 2. The standard InChI is InChI=1S/C17H20F2O/c1-2-3-12-6-8-17(9-7-12)11-20-15-10-13(16(18)19)4-5-14(15)17/h3-5,10,16H,2,6-9,11H2,1H3. The number of ether oxygens (including phenoxy) is 1. The number of hydrogen-bond donors (Lipinski definition) is 0. The molecule has 0 aromatic heterocycles. The van der Waals surface area contributed by atoms with Crippen molar-refractivity contribution in [1.82, 2.24) is 0 Å². The first-order chi connectivity index (χ1) is 9.64. The van der Waals surface area contributed by atoms with Gasteiger partial charge in [-0.25, -0.2) is 8.78 Å². The quantitative estimate of drug-likeness (QED) is 0.678. The van der Waals surface area contributed by atoms with Gasteiger partial charge in [-0.15, -0.1) is 0 Å². The molecule has 1 aromatic rings. The Bertz CT molecular complexity index is 524. The minimum Gasteiger partial charge on any atom is -0.492 e. The van der Waals surface area contributed by atoms with Crippen molar-refractivity contribution < 1.29 is 13.5 Å². The van der Waals surface area contributed by atoms with Crippen molar-refractivity contribution in [3.63, 3.8) is 0 Å². The molecule has 1 fully saturated rings. The van der Waals surface area contributed by atoms with Gasteiger partial charge in [0.15, 0.2) is 0 Å². The van der Waals surface area contributed by atoms with Crippen molar-refractivity contribution in [3.8, 4) is 5.75 Å². The van der Waals surface area contributed by atoms with Crippen LogP contribution in [0.4, 0.5) is 8.78 Å². The molecule has 1 aromatic carbocycles. The van der Waals surface area contributed by atoms with E-state index in [1.165, 1.54) is 11.6 Å². The second-order valence-electron chi connectivity index (χ2n) is 5.90. The van der Waals surface area contributed by atoms with Crippen LogP contribution in [0.1, 0.15) is 56.6 Å². The van der Waals surface area contributed by atoms with Gasteiger partial charge in [-0.3, -0.25) is 0 Å². The van der Waals surface area contributed by atoms with E-state index < -0.39 is 6.43 Å². The summed E-state index contributed by atoms with van der Waals surface area (Å²) in [6.07, 6.45) is 5.34. The Morgan fingerprint density at radius 1 is 1.30 bits per heavy atom. The number of hydrogen-bond acceptors (Lipinski definition) is 1. The summed E-state index contributed by atoms with van der Waals surface area (Å²) in [5.74, 6) is 0.672. The van der Waals surface area contributed by atoms with Crippen LogP contribution in [0.15, 0.2) is 29.8 Å². The van der Waals surface area contributed by atoms with Gasteiger partial charge in [-0.1, -0.05) is 30.7 Å². The number of rotatable bonds is 2. The van der Waals surface area contributed by atoms with E-state index >= 15 is 0 Å². The van der Waals surface area contributed by atoms with Crippen molar-refractivity contribution in [3.05, 3.63) is 41.0 Å². The monoisotopic (exact) mass is 278 g/mol. The third kappa shape index (κ3) is 2.23. The van der Waals surface area contributed by atoms with Gasteiger partial charge in [0.2, 0.25) is 0 Å². The Morgan fingerprint density at radius 2 is 2.05 bits per heavy atom. The lowest BCUT2D eigenvalue weighted by Crippen LogP contribution is -2.31. The maximum absolute atomic E-state index is 12.7. The Balaban J connectivity index is 1.85. The number of benzene rings is 1. The van der Waals surface area contributed by atoms with Crippen molar-refractivity contribution in [2.75, 3.05) is 6.61 Å². The molecule has 0 unspecified atom stereocenters. The van der Waals surface area contributed by atoms with Crippen LogP contribution in [0.3, 0.4) is 0 Å². The Morgan fingerprint density at radius 3 is 2.70 bits per heavy atom. The van der Waals surface area contributed by atoms with Crippen molar-refractivity contribution in [2.24, 2.45) is 0 Å². The van der Waals surface area contributed by atoms with E-state index in [0.717, 1.165) is 37.7 Å². The van der Waals surface area contributed by atoms with Gasteiger partial charge >= 0.3 is 0 Å². The van der Waals surface area contributed by atoms with Crippen LogP contribution in [-0.4, -0.2) is 6.61 Å². The summed E-state index contributed by atoms with van der Waals surface area (Å²) >= 11 is 0. The lowest BCUT2D eigenvalue weighted by atomic mass is 9.69. The van der Waals surface area contributed by atoms with Crippen LogP contribution < -0.4 is 4.74 Å². The minimum atomic E-state index is -2.43. The summed E-state index contributed by atoms with van der Waals surface area (Å²) in [5.41, 5.74) is 2.79. The predicted octanol–water partition coefficient (Wildman–Crippen LogP) is 5.16. The normalized spacial score (nSPS) is 24.9. The highest BCUT2D eigenvalue weighted by molar-refractivity contribution is 5.47. The minimum absolute atomic E-state index is 0.0566. The van der Waals surface area contributed by atoms with Crippen LogP contribution in [0.5, 0.6) is 5.75 Å². The molecule has 1 spiro atoms. The number of alkyl halides is 2. The van der Waals surface area contributed by atoms with E-state index in [4.69, 9.17) is 4.74 Å². The van der Waals surface area contributed by atoms with E-state index in [2.05, 4.69) is 13.0 Å². The van der Waals surface area contributed by atoms with Gasteiger partial charge in [-0.2, -0.15) is 0 Å². The van der Waals surface area contributed by atoms with E-state index in [9.17, 15) is 8.78 Å². The third-order valence-corrected chi connectivity index (χ3v) is 4.68. The highest BCUT2D eigenvalue weighted by Gasteiger charge is 2.42. The van der Waals surface area contributed by atoms with Gasteiger partial charge in [0.25, 0.3) is 6.43 Å². The summed E-state index contributed by atoms with van der Waals surface area (Å²) < 4.78 is 31.2. The smallest absolute Gasteiger partial charge is 0.263 e. The SMILES string of the molecule is CCC=C1CCC2(CC1)COc1cc(C(F)F)ccc12. The Hall–Kier alpha value is -1.38. The van der Waals surface area contributed by atoms with Gasteiger partial charge in [0, 0.05) is 16.5 Å². The van der Waals surface area contributed by atoms with Crippen molar-refractivity contribution in [1.29, 1.82) is 0 Å². The van der Waals surface area contributed by atoms with Gasteiger partial charge in [0.05, 0.1) is 6.61 Å². The summed E-state index contributed by atoms with van der Waals surface area (Å²) in [7, 11) is 0. The topological polar surface area (TPSA) is 9.23 Å². The average Bonchev–Trinajstić information content (AvgIpc) is 2.80. The molecule has 0 radical (unpaired) electrons. The van der Waals surface area contributed by atoms with Crippen molar-refractivity contribution >= 4 is 0 Å². The highest BCUT2D eigenvalue weighted by Crippen LogP contribution is 2.49. The van der Waals surface area contributed by atoms with Crippen LogP contribution in [0.2, 0.25) is 0 Å². The van der Waals surface area contributed by atoms with Crippen LogP contribution in [-0.2, 0) is 5.41 Å². The lowest BCUT2D eigenvalue weighted by molar-refractivity contribution is 0.151. The summed E-state index contributed by atoms with van der Waals surface area (Å²) in [6, 6.07) is 4.93. The first-order valence-electron chi connectivity index (χ1n) is 7.38. The summed E-state index contributed by atoms with van der Waals surface area (Å²) in [6.45, 7) is 2.81. The molecular weight excluding hydrogens is 258 g/mol. The first-order valence-corrected chi connectivity index (χ1v) is 7.38. The largest absolute Gasteiger partial charge is 0.492 e. The number of halogens is 2. The maximum Gasteiger partial charge on any atom is 0.263 e. The highest BCUT2D eigenvalue weighted by atomic mass is 19.3. The van der Waals surface area contributed by atoms with Crippen LogP contribution in [0, 0.1) is 0 Å². The second kappa shape index (κ2) is 5.19. The first kappa shape index (κ1) is 13.6. The molecule has 108 valence electrons. The molecule has 1 saturated carbocycles. The van der Waals surface area contributed by atoms with E-state index in [-0.39, 0.29) is 11.0 Å². The molecule has 20 heavy (non-hydrogen) atoms. The van der Waals surface area contributed by atoms with Crippen LogP contribution >= 0.6 is 0 Å². The van der Waals surface area contributed by atoms with Crippen molar-refractivity contribution in [2.45, 2.75) is 50.9 Å². The predicted molar refractivity (Wildman–Crippen MR) is 75.4 cm³/mol. The lowest BCUT2D eigenvalue weighted by Gasteiger charge is -2.33. The molecular formula is C17H20F2O. The maximum atomic E-state index is 12.7. The molecule has 0 N–H and O–H groups in total. The van der Waals surface area contributed by atoms with E-state index in [1.54, 1.807) is 6.07 Å². The molecule has 0 atom stereocenters. The van der Waals surface area contributed by atoms with Gasteiger partial charge < -0.3 is 4.74 Å². The zero-order valence-electron chi connectivity index (χ0n) is 11.8. The third-order valence-electron chi connectivity index (χ3n) is 4.68. The Kier molecular flexibility index (Phi) is 3.53. The zero-order chi connectivity index (χ0) is 14.2. The molecule has 3 rings (SSSR count). The molecule has 0 amide bonds. The summed E-state index contributed by atoms with van der Waals surface area (Å²) in [4.78, 5) is 0. The number of allylic oxidation sites excluding steroid dienone is 2. The molecule has 1 nitrogen and oxygen atoms in total. The van der Waals surface area contributed by atoms with Gasteiger partial charge in [0.1, 0.15) is 5.75 Å². The fourth-order valence-corrected chi connectivity index (χ4v) is 3.48. The molecule has 1 aliphatic carbocycles. The Labute approximate surface area is 118 Å². The fraction of sp³-hybridized carbons (Fsp3) is 0.529. The molecule has 3 heteroatoms. The molecule has 0 saturated heterocycles. The molecule has 1 heterocycles. The van der Waals surface area contributed by atoms with Gasteiger partial charge in [-0.05, 0) is 38.2 Å². The molecule has 0 bridgehead atoms. The van der Waals surface area contributed by atoms with E-state index in [1.807, 2.05) is 6.07 Å². The fourth-order valence-electron chi connectivity index (χ4n) is 3.48. The average molecular weight is 278 g/mol. The zero-order valence-corrected chi connectivity index (χ0v) is 11.8. The summed E-state index contributed by atoms with van der Waals surface area (Å²) in [5, 5.41) is 0. The molecule has 2 aliphatic rings. The molecule has 1 aliphatic heterocycles.